The fraction of sp³-hybridized carbons (Fsp3) is 0.930. The van der Waals surface area contributed by atoms with E-state index in [0.717, 1.165) is 76.0 Å². The zero-order valence-electron chi connectivity index (χ0n) is 33.3. The van der Waals surface area contributed by atoms with E-state index in [1.54, 1.807) is 0 Å². The predicted molar refractivity (Wildman–Crippen MR) is 206 cm³/mol. The molecule has 0 fully saturated rings. The van der Waals surface area contributed by atoms with E-state index in [2.05, 4.69) is 34.6 Å². The summed E-state index contributed by atoms with van der Waals surface area (Å²) in [5.41, 5.74) is 0. The molecule has 0 saturated heterocycles. The molecule has 0 rings (SSSR count). The molecule has 1 atom stereocenters. The summed E-state index contributed by atoms with van der Waals surface area (Å²) in [6, 6.07) is 0. The highest BCUT2D eigenvalue weighted by atomic mass is 16.6. The minimum atomic E-state index is -0.758. The first kappa shape index (κ1) is 47.4. The SMILES string of the molecule is CCCCCCCC(=O)OC[C@H](COC(=O)CCCCCCCCCCCCCC(C)C)OC(=O)CCCCCCCCCCCC(C)C. The van der Waals surface area contributed by atoms with Gasteiger partial charge in [0.1, 0.15) is 13.2 Å². The maximum atomic E-state index is 12.6. The third-order valence-corrected chi connectivity index (χ3v) is 9.47. The first-order chi connectivity index (χ1) is 23.7. The summed E-state index contributed by atoms with van der Waals surface area (Å²) in [7, 11) is 0. The maximum Gasteiger partial charge on any atom is 0.306 e. The molecule has 0 heterocycles. The molecule has 6 heteroatoms. The number of rotatable bonds is 37. The van der Waals surface area contributed by atoms with Crippen molar-refractivity contribution >= 4 is 17.9 Å². The molecule has 0 N–H and O–H groups in total. The largest absolute Gasteiger partial charge is 0.462 e. The molecule has 0 spiro atoms. The molecule has 6 nitrogen and oxygen atoms in total. The van der Waals surface area contributed by atoms with Gasteiger partial charge in [-0.1, -0.05) is 189 Å². The van der Waals surface area contributed by atoms with Crippen LogP contribution in [0.5, 0.6) is 0 Å². The molecular formula is C43H82O6. The van der Waals surface area contributed by atoms with Crippen LogP contribution in [-0.2, 0) is 28.6 Å². The predicted octanol–water partition coefficient (Wildman–Crippen LogP) is 13.0. The summed E-state index contributed by atoms with van der Waals surface area (Å²) in [6.45, 7) is 11.2. The number of hydrogen-bond donors (Lipinski definition) is 0. The molecule has 0 aliphatic rings. The van der Waals surface area contributed by atoms with Gasteiger partial charge in [0.05, 0.1) is 0 Å². The standard InChI is InChI=1S/C43H82O6/c1-6-7-8-21-28-33-41(44)47-36-40(49-43(46)35-30-25-20-16-12-14-18-23-27-32-39(4)5)37-48-42(45)34-29-24-19-15-11-9-10-13-17-22-26-31-38(2)3/h38-40H,6-37H2,1-5H3/t40-/m1/s1. The van der Waals surface area contributed by atoms with Crippen molar-refractivity contribution in [3.05, 3.63) is 0 Å². The van der Waals surface area contributed by atoms with Crippen LogP contribution in [0.4, 0.5) is 0 Å². The van der Waals surface area contributed by atoms with Gasteiger partial charge >= 0.3 is 17.9 Å². The Labute approximate surface area is 304 Å². The Morgan fingerprint density at radius 3 is 1.00 bits per heavy atom. The summed E-state index contributed by atoms with van der Waals surface area (Å²) in [5, 5.41) is 0. The first-order valence-electron chi connectivity index (χ1n) is 21.2. The van der Waals surface area contributed by atoms with E-state index in [9.17, 15) is 14.4 Å². The molecule has 0 amide bonds. The Bertz CT molecular complexity index is 749. The van der Waals surface area contributed by atoms with E-state index in [0.29, 0.717) is 19.3 Å². The number of carbonyl (C=O) groups is 3. The molecule has 0 unspecified atom stereocenters. The van der Waals surface area contributed by atoms with Crippen LogP contribution in [0.25, 0.3) is 0 Å². The second-order valence-electron chi connectivity index (χ2n) is 15.6. The average Bonchev–Trinajstić information content (AvgIpc) is 3.06. The van der Waals surface area contributed by atoms with Crippen molar-refractivity contribution in [2.75, 3.05) is 13.2 Å². The zero-order chi connectivity index (χ0) is 36.2. The Kier molecular flexibility index (Phi) is 35.0. The lowest BCUT2D eigenvalue weighted by Gasteiger charge is -2.18. The van der Waals surface area contributed by atoms with Crippen LogP contribution in [0, 0.1) is 11.8 Å². The van der Waals surface area contributed by atoms with E-state index < -0.39 is 6.10 Å². The lowest BCUT2D eigenvalue weighted by atomic mass is 10.0. The molecule has 0 aromatic heterocycles. The van der Waals surface area contributed by atoms with Gasteiger partial charge in [-0.25, -0.2) is 0 Å². The first-order valence-corrected chi connectivity index (χ1v) is 21.2. The van der Waals surface area contributed by atoms with E-state index in [1.165, 1.54) is 109 Å². The van der Waals surface area contributed by atoms with Gasteiger partial charge in [-0.15, -0.1) is 0 Å². The molecule has 0 bridgehead atoms. The molecule has 0 aromatic rings. The van der Waals surface area contributed by atoms with Gasteiger partial charge in [-0.2, -0.15) is 0 Å². The molecule has 49 heavy (non-hydrogen) atoms. The second-order valence-corrected chi connectivity index (χ2v) is 15.6. The summed E-state index contributed by atoms with van der Waals surface area (Å²) >= 11 is 0. The van der Waals surface area contributed by atoms with Crippen LogP contribution in [0.2, 0.25) is 0 Å². The molecule has 0 radical (unpaired) electrons. The third kappa shape index (κ3) is 37.5. The summed E-state index contributed by atoms with van der Waals surface area (Å²) in [5.74, 6) is 0.757. The van der Waals surface area contributed by atoms with Gasteiger partial charge in [0, 0.05) is 19.3 Å². The zero-order valence-corrected chi connectivity index (χ0v) is 33.3. The molecule has 290 valence electrons. The van der Waals surface area contributed by atoms with Crippen molar-refractivity contribution in [1.82, 2.24) is 0 Å². The number of unbranched alkanes of at least 4 members (excludes halogenated alkanes) is 22. The number of ether oxygens (including phenoxy) is 3. The van der Waals surface area contributed by atoms with E-state index in [4.69, 9.17) is 14.2 Å². The van der Waals surface area contributed by atoms with Crippen molar-refractivity contribution in [1.29, 1.82) is 0 Å². The Balaban J connectivity index is 4.22. The second kappa shape index (κ2) is 36.2. The van der Waals surface area contributed by atoms with Gasteiger partial charge in [0.2, 0.25) is 0 Å². The minimum absolute atomic E-state index is 0.0665. The van der Waals surface area contributed by atoms with E-state index in [-0.39, 0.29) is 31.1 Å². The van der Waals surface area contributed by atoms with Crippen molar-refractivity contribution in [2.24, 2.45) is 11.8 Å². The van der Waals surface area contributed by atoms with E-state index in [1.807, 2.05) is 0 Å². The van der Waals surface area contributed by atoms with Crippen molar-refractivity contribution in [3.63, 3.8) is 0 Å². The van der Waals surface area contributed by atoms with Crippen molar-refractivity contribution in [3.8, 4) is 0 Å². The monoisotopic (exact) mass is 695 g/mol. The van der Waals surface area contributed by atoms with Gasteiger partial charge in [-0.05, 0) is 31.1 Å². The highest BCUT2D eigenvalue weighted by Crippen LogP contribution is 2.16. The van der Waals surface area contributed by atoms with Gasteiger partial charge < -0.3 is 14.2 Å². The number of hydrogen-bond acceptors (Lipinski definition) is 6. The highest BCUT2D eigenvalue weighted by Gasteiger charge is 2.19. The molecule has 0 aromatic carbocycles. The summed E-state index contributed by atoms with van der Waals surface area (Å²) in [6.07, 6.45) is 32.6. The number of esters is 3. The van der Waals surface area contributed by atoms with Crippen LogP contribution >= 0.6 is 0 Å². The maximum absolute atomic E-state index is 12.6. The van der Waals surface area contributed by atoms with E-state index >= 15 is 0 Å². The van der Waals surface area contributed by atoms with Gasteiger partial charge in [-0.3, -0.25) is 14.4 Å². The van der Waals surface area contributed by atoms with Gasteiger partial charge in [0.25, 0.3) is 0 Å². The van der Waals surface area contributed by atoms with Crippen LogP contribution in [-0.4, -0.2) is 37.2 Å². The molecule has 0 saturated carbocycles. The summed E-state index contributed by atoms with van der Waals surface area (Å²) in [4.78, 5) is 37.4. The highest BCUT2D eigenvalue weighted by molar-refractivity contribution is 5.71. The fourth-order valence-corrected chi connectivity index (χ4v) is 6.22. The van der Waals surface area contributed by atoms with Crippen LogP contribution in [0.15, 0.2) is 0 Å². The normalized spacial score (nSPS) is 12.1. The third-order valence-electron chi connectivity index (χ3n) is 9.47. The Hall–Kier alpha value is -1.59. The smallest absolute Gasteiger partial charge is 0.306 e. The van der Waals surface area contributed by atoms with Crippen LogP contribution in [0.3, 0.4) is 0 Å². The molecule has 0 aliphatic heterocycles. The lowest BCUT2D eigenvalue weighted by Crippen LogP contribution is -2.30. The topological polar surface area (TPSA) is 78.9 Å². The number of carbonyl (C=O) groups excluding carboxylic acids is 3. The molecular weight excluding hydrogens is 612 g/mol. The average molecular weight is 695 g/mol. The summed E-state index contributed by atoms with van der Waals surface area (Å²) < 4.78 is 16.6. The minimum Gasteiger partial charge on any atom is -0.462 e. The fourth-order valence-electron chi connectivity index (χ4n) is 6.22. The van der Waals surface area contributed by atoms with Gasteiger partial charge in [0.15, 0.2) is 6.10 Å². The van der Waals surface area contributed by atoms with Crippen molar-refractivity contribution < 1.29 is 28.6 Å². The van der Waals surface area contributed by atoms with Crippen molar-refractivity contribution in [2.45, 2.75) is 233 Å². The lowest BCUT2D eigenvalue weighted by molar-refractivity contribution is -0.167. The van der Waals surface area contributed by atoms with Crippen LogP contribution < -0.4 is 0 Å². The quantitative estimate of drug-likeness (QED) is 0.0366. The molecule has 0 aliphatic carbocycles. The van der Waals surface area contributed by atoms with Crippen LogP contribution in [0.1, 0.15) is 227 Å². The Morgan fingerprint density at radius 1 is 0.388 bits per heavy atom. The Morgan fingerprint density at radius 2 is 0.673 bits per heavy atom.